The zero-order valence-corrected chi connectivity index (χ0v) is 10.0. The molecule has 0 spiro atoms. The summed E-state index contributed by atoms with van der Waals surface area (Å²) >= 11 is 0. The molecule has 3 nitrogen and oxygen atoms in total. The lowest BCUT2D eigenvalue weighted by molar-refractivity contribution is 0.337. The van der Waals surface area contributed by atoms with Crippen LogP contribution in [0.3, 0.4) is 0 Å². The first-order chi connectivity index (χ1) is 7.83. The number of nitrogens with two attached hydrogens (primary N) is 1. The summed E-state index contributed by atoms with van der Waals surface area (Å²) in [6.45, 7) is 2.10. The summed E-state index contributed by atoms with van der Waals surface area (Å²) in [7, 11) is 0. The van der Waals surface area contributed by atoms with Crippen molar-refractivity contribution in [1.82, 2.24) is 5.43 Å². The van der Waals surface area contributed by atoms with E-state index in [2.05, 4.69) is 18.4 Å². The van der Waals surface area contributed by atoms with Gasteiger partial charge in [0.1, 0.15) is 11.5 Å². The van der Waals surface area contributed by atoms with Gasteiger partial charge in [-0.3, -0.25) is 5.84 Å². The third-order valence-electron chi connectivity index (χ3n) is 3.62. The molecular formula is C13H22N2O. The number of furan rings is 1. The molecule has 0 saturated heterocycles. The highest BCUT2D eigenvalue weighted by Crippen LogP contribution is 2.33. The monoisotopic (exact) mass is 222 g/mol. The molecular weight excluding hydrogens is 200 g/mol. The zero-order chi connectivity index (χ0) is 11.4. The van der Waals surface area contributed by atoms with Gasteiger partial charge in [0.15, 0.2) is 0 Å². The van der Waals surface area contributed by atoms with E-state index in [-0.39, 0.29) is 6.04 Å². The van der Waals surface area contributed by atoms with Crippen LogP contribution in [0.15, 0.2) is 16.5 Å². The molecule has 90 valence electrons. The maximum Gasteiger partial charge on any atom is 0.122 e. The van der Waals surface area contributed by atoms with E-state index in [4.69, 9.17) is 10.3 Å². The molecule has 1 aliphatic rings. The van der Waals surface area contributed by atoms with Crippen molar-refractivity contribution in [3.05, 3.63) is 23.7 Å². The van der Waals surface area contributed by atoms with Crippen molar-refractivity contribution in [3.63, 3.8) is 0 Å². The first-order valence-corrected chi connectivity index (χ1v) is 6.38. The van der Waals surface area contributed by atoms with Crippen molar-refractivity contribution in [2.24, 2.45) is 11.8 Å². The molecule has 2 rings (SSSR count). The van der Waals surface area contributed by atoms with E-state index < -0.39 is 0 Å². The maximum atomic E-state index is 5.75. The second-order valence-electron chi connectivity index (χ2n) is 4.76. The van der Waals surface area contributed by atoms with E-state index >= 15 is 0 Å². The molecule has 0 bridgehead atoms. The Balaban J connectivity index is 1.97. The van der Waals surface area contributed by atoms with Gasteiger partial charge < -0.3 is 4.42 Å². The van der Waals surface area contributed by atoms with Crippen LogP contribution in [0.5, 0.6) is 0 Å². The Morgan fingerprint density at radius 3 is 2.75 bits per heavy atom. The fourth-order valence-corrected chi connectivity index (χ4v) is 2.62. The Hall–Kier alpha value is -0.800. The Kier molecular flexibility index (Phi) is 4.02. The van der Waals surface area contributed by atoms with Crippen LogP contribution in [0.25, 0.3) is 0 Å². The standard InChI is InChI=1S/C13H22N2O/c1-2-11-7-8-13(16-11)12(15-14)9-10-5-3-4-6-10/h7-8,10,12,15H,2-6,9,14H2,1H3. The van der Waals surface area contributed by atoms with E-state index in [1.54, 1.807) is 0 Å². The molecule has 1 saturated carbocycles. The van der Waals surface area contributed by atoms with Gasteiger partial charge in [0.2, 0.25) is 0 Å². The highest BCUT2D eigenvalue weighted by Gasteiger charge is 2.22. The quantitative estimate of drug-likeness (QED) is 0.595. The fraction of sp³-hybridized carbons (Fsp3) is 0.692. The normalized spacial score (nSPS) is 19.1. The summed E-state index contributed by atoms with van der Waals surface area (Å²) < 4.78 is 5.75. The highest BCUT2D eigenvalue weighted by atomic mass is 16.3. The van der Waals surface area contributed by atoms with Gasteiger partial charge in [-0.15, -0.1) is 0 Å². The molecule has 1 unspecified atom stereocenters. The van der Waals surface area contributed by atoms with Crippen LogP contribution < -0.4 is 11.3 Å². The van der Waals surface area contributed by atoms with E-state index in [0.717, 1.165) is 30.3 Å². The first-order valence-electron chi connectivity index (χ1n) is 6.38. The van der Waals surface area contributed by atoms with Crippen LogP contribution >= 0.6 is 0 Å². The minimum absolute atomic E-state index is 0.184. The average Bonchev–Trinajstić information content (AvgIpc) is 2.96. The molecule has 1 aromatic heterocycles. The Labute approximate surface area is 97.4 Å². The summed E-state index contributed by atoms with van der Waals surface area (Å²) in [6, 6.07) is 4.29. The maximum absolute atomic E-state index is 5.75. The number of nitrogens with one attached hydrogen (secondary N) is 1. The number of hydrogen-bond acceptors (Lipinski definition) is 3. The minimum Gasteiger partial charge on any atom is -0.464 e. The Bertz CT molecular complexity index is 315. The molecule has 1 fully saturated rings. The van der Waals surface area contributed by atoms with Gasteiger partial charge in [0, 0.05) is 6.42 Å². The van der Waals surface area contributed by atoms with Crippen LogP contribution in [0.4, 0.5) is 0 Å². The summed E-state index contributed by atoms with van der Waals surface area (Å²) in [4.78, 5) is 0. The lowest BCUT2D eigenvalue weighted by Crippen LogP contribution is -2.29. The van der Waals surface area contributed by atoms with Gasteiger partial charge in [-0.05, 0) is 24.5 Å². The highest BCUT2D eigenvalue weighted by molar-refractivity contribution is 5.10. The summed E-state index contributed by atoms with van der Waals surface area (Å²) in [5.41, 5.74) is 2.89. The molecule has 0 radical (unpaired) electrons. The predicted molar refractivity (Wildman–Crippen MR) is 64.7 cm³/mol. The van der Waals surface area contributed by atoms with Crippen LogP contribution in [0.2, 0.25) is 0 Å². The largest absolute Gasteiger partial charge is 0.464 e. The van der Waals surface area contributed by atoms with Crippen LogP contribution in [-0.2, 0) is 6.42 Å². The fourth-order valence-electron chi connectivity index (χ4n) is 2.62. The SMILES string of the molecule is CCc1ccc(C(CC2CCCC2)NN)o1. The van der Waals surface area contributed by atoms with Crippen molar-refractivity contribution >= 4 is 0 Å². The molecule has 1 atom stereocenters. The summed E-state index contributed by atoms with van der Waals surface area (Å²) in [5.74, 6) is 8.47. The van der Waals surface area contributed by atoms with Crippen molar-refractivity contribution in [2.45, 2.75) is 51.5 Å². The molecule has 0 aromatic carbocycles. The predicted octanol–water partition coefficient (Wildman–Crippen LogP) is 2.93. The lowest BCUT2D eigenvalue weighted by atomic mass is 9.97. The Morgan fingerprint density at radius 1 is 1.44 bits per heavy atom. The average molecular weight is 222 g/mol. The molecule has 3 N–H and O–H groups in total. The smallest absolute Gasteiger partial charge is 0.122 e. The molecule has 16 heavy (non-hydrogen) atoms. The second kappa shape index (κ2) is 5.51. The van der Waals surface area contributed by atoms with Gasteiger partial charge in [0.25, 0.3) is 0 Å². The van der Waals surface area contributed by atoms with E-state index in [0.29, 0.717) is 0 Å². The number of hydrazine groups is 1. The van der Waals surface area contributed by atoms with Crippen molar-refractivity contribution in [2.75, 3.05) is 0 Å². The zero-order valence-electron chi connectivity index (χ0n) is 10.0. The molecule has 1 heterocycles. The van der Waals surface area contributed by atoms with Crippen molar-refractivity contribution < 1.29 is 4.42 Å². The molecule has 1 aliphatic carbocycles. The summed E-state index contributed by atoms with van der Waals surface area (Å²) in [5, 5.41) is 0. The third kappa shape index (κ3) is 2.66. The Morgan fingerprint density at radius 2 is 2.19 bits per heavy atom. The van der Waals surface area contributed by atoms with Gasteiger partial charge >= 0.3 is 0 Å². The second-order valence-corrected chi connectivity index (χ2v) is 4.76. The van der Waals surface area contributed by atoms with Gasteiger partial charge in [-0.25, -0.2) is 5.43 Å². The van der Waals surface area contributed by atoms with Gasteiger partial charge in [-0.1, -0.05) is 32.6 Å². The van der Waals surface area contributed by atoms with Crippen molar-refractivity contribution in [3.8, 4) is 0 Å². The van der Waals surface area contributed by atoms with Crippen LogP contribution in [0.1, 0.15) is 56.6 Å². The van der Waals surface area contributed by atoms with Crippen LogP contribution in [-0.4, -0.2) is 0 Å². The van der Waals surface area contributed by atoms with Crippen LogP contribution in [0, 0.1) is 5.92 Å². The topological polar surface area (TPSA) is 51.2 Å². The summed E-state index contributed by atoms with van der Waals surface area (Å²) in [6.07, 6.45) is 7.49. The third-order valence-corrected chi connectivity index (χ3v) is 3.62. The minimum atomic E-state index is 0.184. The van der Waals surface area contributed by atoms with E-state index in [1.165, 1.54) is 25.7 Å². The molecule has 1 aromatic rings. The lowest BCUT2D eigenvalue weighted by Gasteiger charge is -2.17. The van der Waals surface area contributed by atoms with Gasteiger partial charge in [-0.2, -0.15) is 0 Å². The first kappa shape index (κ1) is 11.7. The molecule has 3 heteroatoms. The number of aryl methyl sites for hydroxylation is 1. The van der Waals surface area contributed by atoms with Crippen molar-refractivity contribution in [1.29, 1.82) is 0 Å². The van der Waals surface area contributed by atoms with Gasteiger partial charge in [0.05, 0.1) is 6.04 Å². The van der Waals surface area contributed by atoms with E-state index in [9.17, 15) is 0 Å². The molecule has 0 aliphatic heterocycles. The number of rotatable bonds is 5. The molecule has 0 amide bonds. The van der Waals surface area contributed by atoms with E-state index in [1.807, 2.05) is 6.07 Å². The number of hydrogen-bond donors (Lipinski definition) is 2.